The molecule has 1 heteroatoms. The normalized spacial score (nSPS) is 24.2. The zero-order valence-electron chi connectivity index (χ0n) is 9.13. The minimum absolute atomic E-state index is 0.0275. The second-order valence-electron chi connectivity index (χ2n) is 4.65. The van der Waals surface area contributed by atoms with Gasteiger partial charge in [-0.3, -0.25) is 0 Å². The monoisotopic (exact) mass is 184 g/mol. The molecule has 0 aliphatic heterocycles. The minimum Gasteiger partial charge on any atom is -0.393 e. The van der Waals surface area contributed by atoms with Crippen molar-refractivity contribution >= 4 is 0 Å². The second kappa shape index (κ2) is 5.64. The molecule has 1 aliphatic rings. The molecule has 0 amide bonds. The SMILES string of the molecule is CCCC(C)[C@H](O)C1CCCCC1. The molecule has 0 aromatic rings. The first-order valence-corrected chi connectivity index (χ1v) is 5.93. The van der Waals surface area contributed by atoms with Crippen LogP contribution in [0.5, 0.6) is 0 Å². The van der Waals surface area contributed by atoms with Gasteiger partial charge in [0.25, 0.3) is 0 Å². The molecular weight excluding hydrogens is 160 g/mol. The highest BCUT2D eigenvalue weighted by Crippen LogP contribution is 2.30. The molecule has 1 fully saturated rings. The van der Waals surface area contributed by atoms with Gasteiger partial charge in [-0.05, 0) is 31.1 Å². The van der Waals surface area contributed by atoms with E-state index in [0.29, 0.717) is 11.8 Å². The molecule has 1 aliphatic carbocycles. The van der Waals surface area contributed by atoms with Crippen LogP contribution in [0, 0.1) is 11.8 Å². The van der Waals surface area contributed by atoms with Gasteiger partial charge in [-0.15, -0.1) is 0 Å². The molecular formula is C12H24O. The van der Waals surface area contributed by atoms with Gasteiger partial charge in [0, 0.05) is 0 Å². The van der Waals surface area contributed by atoms with Crippen molar-refractivity contribution in [1.29, 1.82) is 0 Å². The summed E-state index contributed by atoms with van der Waals surface area (Å²) in [5.74, 6) is 1.11. The van der Waals surface area contributed by atoms with Crippen molar-refractivity contribution in [2.75, 3.05) is 0 Å². The lowest BCUT2D eigenvalue weighted by molar-refractivity contribution is 0.0364. The molecule has 0 aromatic carbocycles. The molecule has 0 bridgehead atoms. The number of aliphatic hydroxyl groups is 1. The topological polar surface area (TPSA) is 20.2 Å². The van der Waals surface area contributed by atoms with Crippen molar-refractivity contribution in [3.63, 3.8) is 0 Å². The first-order valence-electron chi connectivity index (χ1n) is 5.93. The summed E-state index contributed by atoms with van der Waals surface area (Å²) in [6, 6.07) is 0. The fourth-order valence-electron chi connectivity index (χ4n) is 2.57. The van der Waals surface area contributed by atoms with Crippen LogP contribution in [0.15, 0.2) is 0 Å². The van der Waals surface area contributed by atoms with Crippen LogP contribution < -0.4 is 0 Å². The predicted molar refractivity (Wildman–Crippen MR) is 56.7 cm³/mol. The lowest BCUT2D eigenvalue weighted by Crippen LogP contribution is -2.29. The van der Waals surface area contributed by atoms with Gasteiger partial charge < -0.3 is 5.11 Å². The highest BCUT2D eigenvalue weighted by Gasteiger charge is 2.25. The van der Waals surface area contributed by atoms with Crippen LogP contribution in [0.2, 0.25) is 0 Å². The van der Waals surface area contributed by atoms with E-state index in [1.807, 2.05) is 0 Å². The van der Waals surface area contributed by atoms with Crippen LogP contribution in [0.4, 0.5) is 0 Å². The van der Waals surface area contributed by atoms with Gasteiger partial charge in [0.05, 0.1) is 6.10 Å². The van der Waals surface area contributed by atoms with Gasteiger partial charge in [-0.2, -0.15) is 0 Å². The maximum absolute atomic E-state index is 10.1. The van der Waals surface area contributed by atoms with Crippen molar-refractivity contribution in [3.8, 4) is 0 Å². The van der Waals surface area contributed by atoms with E-state index < -0.39 is 0 Å². The Hall–Kier alpha value is -0.0400. The standard InChI is InChI=1S/C12H24O/c1-3-7-10(2)12(13)11-8-5-4-6-9-11/h10-13H,3-9H2,1-2H3/t10?,12-/m0/s1. The van der Waals surface area contributed by atoms with Gasteiger partial charge in [0.15, 0.2) is 0 Å². The van der Waals surface area contributed by atoms with E-state index in [2.05, 4.69) is 13.8 Å². The molecule has 0 heterocycles. The van der Waals surface area contributed by atoms with E-state index in [1.54, 1.807) is 0 Å². The number of aliphatic hydroxyl groups excluding tert-OH is 1. The summed E-state index contributed by atoms with van der Waals surface area (Å²) in [5.41, 5.74) is 0. The predicted octanol–water partition coefficient (Wildman–Crippen LogP) is 3.36. The average Bonchev–Trinajstić information content (AvgIpc) is 2.18. The van der Waals surface area contributed by atoms with Crippen molar-refractivity contribution in [2.24, 2.45) is 11.8 Å². The first kappa shape index (κ1) is 11.0. The first-order chi connectivity index (χ1) is 6.25. The lowest BCUT2D eigenvalue weighted by Gasteiger charge is -2.30. The molecule has 1 N–H and O–H groups in total. The molecule has 1 rings (SSSR count). The summed E-state index contributed by atoms with van der Waals surface area (Å²) in [6.07, 6.45) is 8.92. The molecule has 13 heavy (non-hydrogen) atoms. The van der Waals surface area contributed by atoms with Crippen molar-refractivity contribution in [3.05, 3.63) is 0 Å². The van der Waals surface area contributed by atoms with Crippen LogP contribution >= 0.6 is 0 Å². The Morgan fingerprint density at radius 3 is 2.38 bits per heavy atom. The Balaban J connectivity index is 2.31. The van der Waals surface area contributed by atoms with Crippen LogP contribution in [-0.4, -0.2) is 11.2 Å². The Morgan fingerprint density at radius 1 is 1.23 bits per heavy atom. The van der Waals surface area contributed by atoms with E-state index >= 15 is 0 Å². The van der Waals surface area contributed by atoms with Crippen LogP contribution in [-0.2, 0) is 0 Å². The summed E-state index contributed by atoms with van der Waals surface area (Å²) in [6.45, 7) is 4.40. The van der Waals surface area contributed by atoms with Crippen molar-refractivity contribution in [1.82, 2.24) is 0 Å². The maximum Gasteiger partial charge on any atom is 0.0593 e. The number of rotatable bonds is 4. The quantitative estimate of drug-likeness (QED) is 0.710. The van der Waals surface area contributed by atoms with E-state index in [9.17, 15) is 5.11 Å². The third-order valence-electron chi connectivity index (χ3n) is 3.46. The van der Waals surface area contributed by atoms with Gasteiger partial charge in [0.2, 0.25) is 0 Å². The van der Waals surface area contributed by atoms with Gasteiger partial charge in [-0.25, -0.2) is 0 Å². The molecule has 0 saturated heterocycles. The second-order valence-corrected chi connectivity index (χ2v) is 4.65. The molecule has 1 saturated carbocycles. The molecule has 0 aromatic heterocycles. The summed E-state index contributed by atoms with van der Waals surface area (Å²) in [7, 11) is 0. The van der Waals surface area contributed by atoms with E-state index in [1.165, 1.54) is 44.9 Å². The fourth-order valence-corrected chi connectivity index (χ4v) is 2.57. The average molecular weight is 184 g/mol. The zero-order chi connectivity index (χ0) is 9.68. The molecule has 78 valence electrons. The summed E-state index contributed by atoms with van der Waals surface area (Å²) >= 11 is 0. The minimum atomic E-state index is -0.0275. The van der Waals surface area contributed by atoms with Crippen LogP contribution in [0.25, 0.3) is 0 Å². The number of hydrogen-bond acceptors (Lipinski definition) is 1. The third kappa shape index (κ3) is 3.30. The molecule has 2 atom stereocenters. The highest BCUT2D eigenvalue weighted by molar-refractivity contribution is 4.76. The van der Waals surface area contributed by atoms with E-state index in [0.717, 1.165) is 0 Å². The Morgan fingerprint density at radius 2 is 1.85 bits per heavy atom. The van der Waals surface area contributed by atoms with Gasteiger partial charge >= 0.3 is 0 Å². The highest BCUT2D eigenvalue weighted by atomic mass is 16.3. The molecule has 0 spiro atoms. The van der Waals surface area contributed by atoms with E-state index in [-0.39, 0.29) is 6.10 Å². The van der Waals surface area contributed by atoms with Gasteiger partial charge in [0.1, 0.15) is 0 Å². The largest absolute Gasteiger partial charge is 0.393 e. The Labute approximate surface area is 82.5 Å². The van der Waals surface area contributed by atoms with Crippen molar-refractivity contribution < 1.29 is 5.11 Å². The Bertz CT molecular complexity index is 127. The molecule has 0 radical (unpaired) electrons. The number of hydrogen-bond donors (Lipinski definition) is 1. The smallest absolute Gasteiger partial charge is 0.0593 e. The van der Waals surface area contributed by atoms with Crippen LogP contribution in [0.3, 0.4) is 0 Å². The Kier molecular flexibility index (Phi) is 4.79. The van der Waals surface area contributed by atoms with Crippen molar-refractivity contribution in [2.45, 2.75) is 64.9 Å². The zero-order valence-corrected chi connectivity index (χ0v) is 9.13. The van der Waals surface area contributed by atoms with E-state index in [4.69, 9.17) is 0 Å². The maximum atomic E-state index is 10.1. The summed E-state index contributed by atoms with van der Waals surface area (Å²) in [5, 5.41) is 10.1. The third-order valence-corrected chi connectivity index (χ3v) is 3.46. The molecule has 1 nitrogen and oxygen atoms in total. The molecule has 1 unspecified atom stereocenters. The fraction of sp³-hybridized carbons (Fsp3) is 1.00. The lowest BCUT2D eigenvalue weighted by atomic mass is 9.80. The van der Waals surface area contributed by atoms with Crippen LogP contribution in [0.1, 0.15) is 58.8 Å². The summed E-state index contributed by atoms with van der Waals surface area (Å²) in [4.78, 5) is 0. The van der Waals surface area contributed by atoms with Gasteiger partial charge in [-0.1, -0.05) is 39.5 Å². The summed E-state index contributed by atoms with van der Waals surface area (Å²) < 4.78 is 0.